The summed E-state index contributed by atoms with van der Waals surface area (Å²) in [5.74, 6) is 0. The summed E-state index contributed by atoms with van der Waals surface area (Å²) >= 11 is 2.90. The van der Waals surface area contributed by atoms with Gasteiger partial charge in [-0.15, -0.1) is 22.7 Å². The number of hydrogen-bond acceptors (Lipinski definition) is 5. The predicted molar refractivity (Wildman–Crippen MR) is 87.0 cm³/mol. The van der Waals surface area contributed by atoms with Crippen LogP contribution in [0.15, 0.2) is 27.8 Å². The molecule has 0 spiro atoms. The molecule has 3 rings (SSSR count). The molecular formula is C14H18N2O2S3. The van der Waals surface area contributed by atoms with Crippen LogP contribution in [0.3, 0.4) is 0 Å². The van der Waals surface area contributed by atoms with Crippen LogP contribution in [0.1, 0.15) is 28.2 Å². The van der Waals surface area contributed by atoms with Crippen molar-refractivity contribution in [2.45, 2.75) is 43.1 Å². The van der Waals surface area contributed by atoms with Gasteiger partial charge in [-0.1, -0.05) is 6.07 Å². The maximum atomic E-state index is 12.9. The van der Waals surface area contributed by atoms with Gasteiger partial charge in [0.15, 0.2) is 0 Å². The van der Waals surface area contributed by atoms with Gasteiger partial charge in [-0.3, -0.25) is 0 Å². The molecule has 114 valence electrons. The molecule has 1 aliphatic rings. The molecule has 0 amide bonds. The van der Waals surface area contributed by atoms with E-state index < -0.39 is 10.0 Å². The third-order valence-electron chi connectivity index (χ3n) is 3.59. The fourth-order valence-corrected chi connectivity index (χ4v) is 6.31. The zero-order valence-electron chi connectivity index (χ0n) is 11.8. The Morgan fingerprint density at radius 2 is 2.19 bits per heavy atom. The van der Waals surface area contributed by atoms with E-state index in [1.165, 1.54) is 11.3 Å². The van der Waals surface area contributed by atoms with Gasteiger partial charge in [0.25, 0.3) is 10.0 Å². The molecule has 0 bridgehead atoms. The van der Waals surface area contributed by atoms with Crippen LogP contribution in [0.5, 0.6) is 0 Å². The molecule has 0 saturated heterocycles. The van der Waals surface area contributed by atoms with Crippen molar-refractivity contribution in [3.63, 3.8) is 0 Å². The molecule has 2 heterocycles. The molecule has 1 saturated carbocycles. The molecule has 7 heteroatoms. The number of sulfonamides is 1. The molecule has 0 atom stereocenters. The van der Waals surface area contributed by atoms with E-state index >= 15 is 0 Å². The van der Waals surface area contributed by atoms with Gasteiger partial charge in [-0.25, -0.2) is 8.42 Å². The lowest BCUT2D eigenvalue weighted by Gasteiger charge is -2.20. The Labute approximate surface area is 133 Å². The van der Waals surface area contributed by atoms with Crippen LogP contribution in [0, 0.1) is 6.92 Å². The van der Waals surface area contributed by atoms with Crippen LogP contribution in [0.2, 0.25) is 0 Å². The molecule has 0 radical (unpaired) electrons. The van der Waals surface area contributed by atoms with Crippen LogP contribution in [-0.2, 0) is 23.1 Å². The van der Waals surface area contributed by atoms with Crippen LogP contribution >= 0.6 is 22.7 Å². The third-order valence-corrected chi connectivity index (χ3v) is 8.06. The number of aryl methyl sites for hydroxylation is 1. The summed E-state index contributed by atoms with van der Waals surface area (Å²) in [5.41, 5.74) is 6.63. The summed E-state index contributed by atoms with van der Waals surface area (Å²) < 4.78 is 27.9. The van der Waals surface area contributed by atoms with Gasteiger partial charge in [-0.2, -0.15) is 4.31 Å². The SMILES string of the molecule is Cc1cc(S(=O)(=O)N(Cc2cccs2)C2CC2)sc1CN. The Morgan fingerprint density at radius 3 is 2.71 bits per heavy atom. The Hall–Kier alpha value is -0.730. The summed E-state index contributed by atoms with van der Waals surface area (Å²) in [7, 11) is -3.42. The molecule has 2 N–H and O–H groups in total. The fraction of sp³-hybridized carbons (Fsp3) is 0.429. The van der Waals surface area contributed by atoms with Crippen LogP contribution in [0.4, 0.5) is 0 Å². The molecule has 0 aromatic carbocycles. The normalized spacial score (nSPS) is 15.8. The minimum absolute atomic E-state index is 0.154. The van der Waals surface area contributed by atoms with Gasteiger partial charge in [0.05, 0.1) is 0 Å². The van der Waals surface area contributed by atoms with E-state index in [9.17, 15) is 8.42 Å². The lowest BCUT2D eigenvalue weighted by Crippen LogP contribution is -2.31. The lowest BCUT2D eigenvalue weighted by atomic mass is 10.3. The van der Waals surface area contributed by atoms with Gasteiger partial charge in [0, 0.05) is 28.9 Å². The first-order valence-corrected chi connectivity index (χ1v) is 9.99. The van der Waals surface area contributed by atoms with Crippen molar-refractivity contribution >= 4 is 32.7 Å². The maximum absolute atomic E-state index is 12.9. The Morgan fingerprint density at radius 1 is 1.43 bits per heavy atom. The molecule has 1 fully saturated rings. The van der Waals surface area contributed by atoms with Crippen LogP contribution < -0.4 is 5.73 Å². The van der Waals surface area contributed by atoms with Crippen molar-refractivity contribution in [3.8, 4) is 0 Å². The third kappa shape index (κ3) is 3.07. The highest BCUT2D eigenvalue weighted by Gasteiger charge is 2.39. The minimum Gasteiger partial charge on any atom is -0.326 e. The Kier molecular flexibility index (Phi) is 4.20. The van der Waals surface area contributed by atoms with E-state index in [4.69, 9.17) is 5.73 Å². The first-order valence-electron chi connectivity index (χ1n) is 6.86. The number of nitrogens with two attached hydrogens (primary N) is 1. The van der Waals surface area contributed by atoms with Gasteiger partial charge in [-0.05, 0) is 42.8 Å². The Balaban J connectivity index is 1.93. The number of rotatable bonds is 6. The highest BCUT2D eigenvalue weighted by atomic mass is 32.2. The standard InChI is InChI=1S/C14H18N2O2S3/c1-10-7-14(20-13(10)8-15)21(17,18)16(11-4-5-11)9-12-3-2-6-19-12/h2-3,6-7,11H,4-5,8-9,15H2,1H3. The second-order valence-electron chi connectivity index (χ2n) is 5.24. The molecule has 1 aliphatic carbocycles. The molecule has 21 heavy (non-hydrogen) atoms. The summed E-state index contributed by atoms with van der Waals surface area (Å²) in [6.07, 6.45) is 1.91. The van der Waals surface area contributed by atoms with E-state index in [0.717, 1.165) is 28.2 Å². The largest absolute Gasteiger partial charge is 0.326 e. The van der Waals surface area contributed by atoms with Gasteiger partial charge >= 0.3 is 0 Å². The molecule has 2 aromatic rings. The number of hydrogen-bond donors (Lipinski definition) is 1. The monoisotopic (exact) mass is 342 g/mol. The van der Waals surface area contributed by atoms with E-state index in [1.807, 2.05) is 24.4 Å². The second kappa shape index (κ2) is 5.81. The van der Waals surface area contributed by atoms with E-state index in [1.54, 1.807) is 21.7 Å². The molecule has 0 aliphatic heterocycles. The Bertz CT molecular complexity index is 715. The molecule has 0 unspecified atom stereocenters. The molecule has 4 nitrogen and oxygen atoms in total. The van der Waals surface area contributed by atoms with Crippen molar-refractivity contribution in [2.24, 2.45) is 5.73 Å². The highest BCUT2D eigenvalue weighted by molar-refractivity contribution is 7.91. The summed E-state index contributed by atoms with van der Waals surface area (Å²) in [6.45, 7) is 2.78. The smallest absolute Gasteiger partial charge is 0.253 e. The average Bonchev–Trinajstić information content (AvgIpc) is 3.00. The first-order chi connectivity index (χ1) is 10.0. The second-order valence-corrected chi connectivity index (χ2v) is 9.52. The minimum atomic E-state index is -3.42. The first kappa shape index (κ1) is 15.2. The lowest BCUT2D eigenvalue weighted by molar-refractivity contribution is 0.403. The van der Waals surface area contributed by atoms with E-state index in [-0.39, 0.29) is 6.04 Å². The van der Waals surface area contributed by atoms with Gasteiger partial charge < -0.3 is 5.73 Å². The van der Waals surface area contributed by atoms with Gasteiger partial charge in [0.2, 0.25) is 0 Å². The van der Waals surface area contributed by atoms with Crippen LogP contribution in [0.25, 0.3) is 0 Å². The number of thiophene rings is 2. The molecule has 2 aromatic heterocycles. The van der Waals surface area contributed by atoms with E-state index in [2.05, 4.69) is 0 Å². The quantitative estimate of drug-likeness (QED) is 0.878. The van der Waals surface area contributed by atoms with E-state index in [0.29, 0.717) is 17.3 Å². The topological polar surface area (TPSA) is 63.4 Å². The summed E-state index contributed by atoms with van der Waals surface area (Å²) in [5, 5.41) is 1.98. The maximum Gasteiger partial charge on any atom is 0.253 e. The summed E-state index contributed by atoms with van der Waals surface area (Å²) in [4.78, 5) is 2.03. The molecular weight excluding hydrogens is 324 g/mol. The highest BCUT2D eigenvalue weighted by Crippen LogP contribution is 2.36. The average molecular weight is 343 g/mol. The van der Waals surface area contributed by atoms with Crippen molar-refractivity contribution in [1.29, 1.82) is 0 Å². The van der Waals surface area contributed by atoms with Crippen molar-refractivity contribution in [3.05, 3.63) is 38.9 Å². The zero-order chi connectivity index (χ0) is 15.0. The zero-order valence-corrected chi connectivity index (χ0v) is 14.2. The predicted octanol–water partition coefficient (Wildman–Crippen LogP) is 2.93. The summed E-state index contributed by atoms with van der Waals surface area (Å²) in [6, 6.07) is 5.85. The fourth-order valence-electron chi connectivity index (χ4n) is 2.26. The number of nitrogens with zero attached hydrogens (tertiary/aromatic N) is 1. The van der Waals surface area contributed by atoms with Crippen molar-refractivity contribution in [1.82, 2.24) is 4.31 Å². The van der Waals surface area contributed by atoms with Crippen molar-refractivity contribution in [2.75, 3.05) is 0 Å². The van der Waals surface area contributed by atoms with Gasteiger partial charge in [0.1, 0.15) is 4.21 Å². The van der Waals surface area contributed by atoms with Crippen molar-refractivity contribution < 1.29 is 8.42 Å². The van der Waals surface area contributed by atoms with Crippen LogP contribution in [-0.4, -0.2) is 18.8 Å².